The van der Waals surface area contributed by atoms with E-state index in [0.717, 1.165) is 48.7 Å². The number of rotatable bonds is 3. The average Bonchev–Trinajstić information content (AvgIpc) is 2.73. The summed E-state index contributed by atoms with van der Waals surface area (Å²) in [4.78, 5) is 37.0. The van der Waals surface area contributed by atoms with Crippen molar-refractivity contribution in [2.24, 2.45) is 5.73 Å². The fourth-order valence-electron chi connectivity index (χ4n) is 3.94. The van der Waals surface area contributed by atoms with Crippen molar-refractivity contribution in [2.45, 2.75) is 58.4 Å². The number of aryl methyl sites for hydroxylation is 1. The molecule has 7 nitrogen and oxygen atoms in total. The van der Waals surface area contributed by atoms with E-state index in [0.29, 0.717) is 5.39 Å². The number of amides is 2. The molecule has 2 amide bonds. The molecular weight excluding hydrogens is 346 g/mol. The molecule has 0 bridgehead atoms. The van der Waals surface area contributed by atoms with Crippen LogP contribution in [0.25, 0.3) is 10.9 Å². The van der Waals surface area contributed by atoms with Crippen LogP contribution in [0.2, 0.25) is 0 Å². The first-order chi connectivity index (χ1) is 12.8. The number of nitrogens with zero attached hydrogens (tertiary/aromatic N) is 1. The number of fused-ring (bicyclic) bond motifs is 1. The molecule has 0 saturated heterocycles. The molecule has 1 fully saturated rings. The highest BCUT2D eigenvalue weighted by atomic mass is 16.3. The van der Waals surface area contributed by atoms with Gasteiger partial charge in [0.05, 0.1) is 5.52 Å². The predicted octanol–water partition coefficient (Wildman–Crippen LogP) is 3.24. The normalized spacial score (nSPS) is 15.5. The van der Waals surface area contributed by atoms with Gasteiger partial charge in [-0.3, -0.25) is 9.59 Å². The Labute approximate surface area is 157 Å². The lowest BCUT2D eigenvalue weighted by atomic mass is 10.0. The zero-order valence-electron chi connectivity index (χ0n) is 15.7. The topological polar surface area (TPSA) is 114 Å². The van der Waals surface area contributed by atoms with Crippen LogP contribution in [0.4, 0.5) is 4.79 Å². The zero-order chi connectivity index (χ0) is 19.7. The summed E-state index contributed by atoms with van der Waals surface area (Å²) in [5.74, 6) is -1.26. The van der Waals surface area contributed by atoms with Crippen LogP contribution in [0.3, 0.4) is 0 Å². The third kappa shape index (κ3) is 3.54. The van der Waals surface area contributed by atoms with Crippen LogP contribution in [-0.2, 0) is 0 Å². The number of aromatic nitrogens is 1. The number of carbonyl (C=O) groups is 3. The van der Waals surface area contributed by atoms with Crippen molar-refractivity contribution in [2.75, 3.05) is 0 Å². The van der Waals surface area contributed by atoms with Gasteiger partial charge in [-0.25, -0.2) is 9.36 Å². The largest absolute Gasteiger partial charge is 0.494 e. The maximum Gasteiger partial charge on any atom is 0.326 e. The van der Waals surface area contributed by atoms with Crippen LogP contribution in [0.1, 0.15) is 71.7 Å². The van der Waals surface area contributed by atoms with Crippen LogP contribution < -0.4 is 11.1 Å². The summed E-state index contributed by atoms with van der Waals surface area (Å²) in [6.07, 6.45) is 6.18. The van der Waals surface area contributed by atoms with E-state index >= 15 is 0 Å². The summed E-state index contributed by atoms with van der Waals surface area (Å²) in [7, 11) is 0. The monoisotopic (exact) mass is 371 g/mol. The van der Waals surface area contributed by atoms with Gasteiger partial charge in [0.1, 0.15) is 5.56 Å². The SMILES string of the molecule is CC(=O)c1cc(C)cc2c(C(=O)NC3CCCCCC3)c(O)n(C(N)=O)c12. The molecule has 2 aromatic rings. The van der Waals surface area contributed by atoms with Crippen LogP contribution >= 0.6 is 0 Å². The first kappa shape index (κ1) is 18.9. The van der Waals surface area contributed by atoms with E-state index in [1.807, 2.05) is 0 Å². The fraction of sp³-hybridized carbons (Fsp3) is 0.450. The van der Waals surface area contributed by atoms with E-state index in [4.69, 9.17) is 5.73 Å². The first-order valence-electron chi connectivity index (χ1n) is 9.31. The standard InChI is InChI=1S/C20H25N3O4/c1-11-9-14(12(2)24)17-15(10-11)16(19(26)23(17)20(21)27)18(25)22-13-7-5-3-4-6-8-13/h9-10,13,26H,3-8H2,1-2H3,(H2,21,27)(H,22,25). The zero-order valence-corrected chi connectivity index (χ0v) is 15.7. The molecule has 1 heterocycles. The Hall–Kier alpha value is -2.83. The van der Waals surface area contributed by atoms with E-state index in [-0.39, 0.29) is 28.5 Å². The minimum absolute atomic E-state index is 0.0146. The lowest BCUT2D eigenvalue weighted by molar-refractivity contribution is 0.0931. The molecule has 0 radical (unpaired) electrons. The number of Topliss-reactive ketones (excluding diaryl/α,β-unsaturated/α-hetero) is 1. The van der Waals surface area contributed by atoms with Crippen molar-refractivity contribution in [1.29, 1.82) is 0 Å². The Kier molecular flexibility index (Phi) is 5.21. The molecule has 7 heteroatoms. The van der Waals surface area contributed by atoms with Gasteiger partial charge < -0.3 is 16.2 Å². The third-order valence-electron chi connectivity index (χ3n) is 5.20. The molecule has 144 valence electrons. The highest BCUT2D eigenvalue weighted by Gasteiger charge is 2.29. The molecule has 0 aliphatic heterocycles. The number of carbonyl (C=O) groups excluding carboxylic acids is 3. The quantitative estimate of drug-likeness (QED) is 0.567. The van der Waals surface area contributed by atoms with Gasteiger partial charge in [-0.1, -0.05) is 25.7 Å². The van der Waals surface area contributed by atoms with Gasteiger partial charge in [0.15, 0.2) is 5.78 Å². The second-order valence-corrected chi connectivity index (χ2v) is 7.30. The molecular formula is C20H25N3O4. The van der Waals surface area contributed by atoms with Gasteiger partial charge in [-0.05, 0) is 44.4 Å². The Morgan fingerprint density at radius 2 is 1.78 bits per heavy atom. The lowest BCUT2D eigenvalue weighted by Gasteiger charge is -2.16. The van der Waals surface area contributed by atoms with Crippen molar-refractivity contribution in [3.8, 4) is 5.88 Å². The molecule has 4 N–H and O–H groups in total. The Morgan fingerprint density at radius 3 is 2.33 bits per heavy atom. The van der Waals surface area contributed by atoms with Crippen LogP contribution in [-0.4, -0.2) is 33.4 Å². The highest BCUT2D eigenvalue weighted by Crippen LogP contribution is 2.34. The summed E-state index contributed by atoms with van der Waals surface area (Å²) < 4.78 is 0.841. The summed E-state index contributed by atoms with van der Waals surface area (Å²) in [6, 6.07) is 2.39. The summed E-state index contributed by atoms with van der Waals surface area (Å²) >= 11 is 0. The molecule has 0 unspecified atom stereocenters. The molecule has 0 atom stereocenters. The van der Waals surface area contributed by atoms with Crippen molar-refractivity contribution >= 4 is 28.6 Å². The highest BCUT2D eigenvalue weighted by molar-refractivity contribution is 6.17. The molecule has 1 aromatic carbocycles. The maximum atomic E-state index is 13.0. The second-order valence-electron chi connectivity index (χ2n) is 7.30. The Bertz CT molecular complexity index is 921. The average molecular weight is 371 g/mol. The lowest BCUT2D eigenvalue weighted by Crippen LogP contribution is -2.34. The maximum absolute atomic E-state index is 13.0. The molecule has 1 aliphatic carbocycles. The molecule has 27 heavy (non-hydrogen) atoms. The molecule has 0 spiro atoms. The molecule has 1 aliphatic rings. The van der Waals surface area contributed by atoms with Crippen LogP contribution in [0.5, 0.6) is 5.88 Å². The summed E-state index contributed by atoms with van der Waals surface area (Å²) in [6.45, 7) is 3.16. The van der Waals surface area contributed by atoms with Crippen molar-refractivity contribution in [3.63, 3.8) is 0 Å². The van der Waals surface area contributed by atoms with Gasteiger partial charge >= 0.3 is 6.03 Å². The van der Waals surface area contributed by atoms with E-state index in [2.05, 4.69) is 5.32 Å². The molecule has 1 aromatic heterocycles. The van der Waals surface area contributed by atoms with E-state index in [1.54, 1.807) is 19.1 Å². The van der Waals surface area contributed by atoms with E-state index in [9.17, 15) is 19.5 Å². The molecule has 1 saturated carbocycles. The number of nitrogens with two attached hydrogens (primary N) is 1. The first-order valence-corrected chi connectivity index (χ1v) is 9.31. The Morgan fingerprint density at radius 1 is 1.15 bits per heavy atom. The van der Waals surface area contributed by atoms with Gasteiger partial charge in [-0.15, -0.1) is 0 Å². The van der Waals surface area contributed by atoms with Crippen LogP contribution in [0.15, 0.2) is 12.1 Å². The summed E-state index contributed by atoms with van der Waals surface area (Å²) in [5.41, 5.74) is 6.57. The number of ketones is 1. The van der Waals surface area contributed by atoms with Gasteiger partial charge in [0, 0.05) is 17.0 Å². The number of hydrogen-bond acceptors (Lipinski definition) is 4. The number of aromatic hydroxyl groups is 1. The minimum Gasteiger partial charge on any atom is -0.494 e. The molecule has 3 rings (SSSR count). The third-order valence-corrected chi connectivity index (χ3v) is 5.20. The number of benzene rings is 1. The Balaban J connectivity index is 2.14. The van der Waals surface area contributed by atoms with Crippen LogP contribution in [0, 0.1) is 6.92 Å². The fourth-order valence-corrected chi connectivity index (χ4v) is 3.94. The minimum atomic E-state index is -0.947. The van der Waals surface area contributed by atoms with Gasteiger partial charge in [-0.2, -0.15) is 0 Å². The summed E-state index contributed by atoms with van der Waals surface area (Å²) in [5, 5.41) is 14.0. The number of hydrogen-bond donors (Lipinski definition) is 3. The van der Waals surface area contributed by atoms with Gasteiger partial charge in [0.2, 0.25) is 5.88 Å². The van der Waals surface area contributed by atoms with Crippen molar-refractivity contribution < 1.29 is 19.5 Å². The smallest absolute Gasteiger partial charge is 0.326 e. The van der Waals surface area contributed by atoms with Crippen molar-refractivity contribution in [3.05, 3.63) is 28.8 Å². The van der Waals surface area contributed by atoms with Crippen molar-refractivity contribution in [1.82, 2.24) is 9.88 Å². The van der Waals surface area contributed by atoms with Gasteiger partial charge in [0.25, 0.3) is 5.91 Å². The van der Waals surface area contributed by atoms with E-state index in [1.165, 1.54) is 6.92 Å². The van der Waals surface area contributed by atoms with E-state index < -0.39 is 17.8 Å². The second kappa shape index (κ2) is 7.42. The number of nitrogens with one attached hydrogen (secondary N) is 1. The number of primary amides is 1. The predicted molar refractivity (Wildman–Crippen MR) is 102 cm³/mol.